The lowest BCUT2D eigenvalue weighted by Crippen LogP contribution is -2.33. The van der Waals surface area contributed by atoms with Crippen molar-refractivity contribution < 1.29 is 4.79 Å². The van der Waals surface area contributed by atoms with Gasteiger partial charge in [-0.1, -0.05) is 0 Å². The molecule has 0 atom stereocenters. The zero-order chi connectivity index (χ0) is 14.0. The van der Waals surface area contributed by atoms with Crippen molar-refractivity contribution in [2.24, 2.45) is 0 Å². The zero-order valence-corrected chi connectivity index (χ0v) is 11.6. The van der Waals surface area contributed by atoms with Crippen LogP contribution in [0.25, 0.3) is 10.9 Å². The van der Waals surface area contributed by atoms with Gasteiger partial charge in [0.1, 0.15) is 0 Å². The molecule has 1 heterocycles. The first-order chi connectivity index (χ1) is 8.99. The number of anilines is 1. The van der Waals surface area contributed by atoms with Crippen molar-refractivity contribution in [3.05, 3.63) is 30.0 Å². The van der Waals surface area contributed by atoms with E-state index in [9.17, 15) is 4.79 Å². The summed E-state index contributed by atoms with van der Waals surface area (Å²) in [4.78, 5) is 19.3. The highest BCUT2D eigenvalue weighted by atomic mass is 16.2. The van der Waals surface area contributed by atoms with Gasteiger partial charge in [-0.2, -0.15) is 0 Å². The van der Waals surface area contributed by atoms with Crippen molar-refractivity contribution in [1.82, 2.24) is 14.8 Å². The Balaban J connectivity index is 2.23. The van der Waals surface area contributed by atoms with Gasteiger partial charge in [0.15, 0.2) is 0 Å². The predicted molar refractivity (Wildman–Crippen MR) is 78.2 cm³/mol. The van der Waals surface area contributed by atoms with E-state index in [1.807, 2.05) is 39.3 Å². The zero-order valence-electron chi connectivity index (χ0n) is 11.6. The number of hydrogen-bond donors (Lipinski definition) is 2. The van der Waals surface area contributed by atoms with E-state index in [0.29, 0.717) is 17.8 Å². The molecule has 5 nitrogen and oxygen atoms in total. The third-order valence-electron chi connectivity index (χ3n) is 3.17. The van der Waals surface area contributed by atoms with Crippen molar-refractivity contribution in [1.29, 1.82) is 0 Å². The molecule has 0 radical (unpaired) electrons. The molecule has 19 heavy (non-hydrogen) atoms. The molecule has 2 rings (SSSR count). The predicted octanol–water partition coefficient (Wildman–Crippen LogP) is 1.38. The molecule has 0 saturated carbocycles. The fourth-order valence-corrected chi connectivity index (χ4v) is 1.97. The maximum absolute atomic E-state index is 12.4. The summed E-state index contributed by atoms with van der Waals surface area (Å²) in [6.07, 6.45) is 1.75. The summed E-state index contributed by atoms with van der Waals surface area (Å²) in [5.74, 6) is 0.0127. The van der Waals surface area contributed by atoms with Crippen molar-refractivity contribution in [3.8, 4) is 0 Å². The van der Waals surface area contributed by atoms with Crippen LogP contribution in [-0.4, -0.2) is 54.9 Å². The SMILES string of the molecule is CN(C)CCN(C)C(=O)c1c[nH]c2ccc(N)cc12. The summed E-state index contributed by atoms with van der Waals surface area (Å²) < 4.78 is 0. The summed E-state index contributed by atoms with van der Waals surface area (Å²) in [5.41, 5.74) is 8.04. The summed E-state index contributed by atoms with van der Waals surface area (Å²) in [6.45, 7) is 1.54. The number of nitrogens with zero attached hydrogens (tertiary/aromatic N) is 2. The number of nitrogens with two attached hydrogens (primary N) is 1. The van der Waals surface area contributed by atoms with Gasteiger partial charge in [-0.15, -0.1) is 0 Å². The van der Waals surface area contributed by atoms with Crippen LogP contribution in [-0.2, 0) is 0 Å². The Morgan fingerprint density at radius 3 is 2.68 bits per heavy atom. The average Bonchev–Trinajstić information content (AvgIpc) is 2.77. The summed E-state index contributed by atoms with van der Waals surface area (Å²) >= 11 is 0. The number of nitrogen functional groups attached to an aromatic ring is 1. The van der Waals surface area contributed by atoms with E-state index in [1.54, 1.807) is 11.1 Å². The van der Waals surface area contributed by atoms with E-state index in [2.05, 4.69) is 9.88 Å². The van der Waals surface area contributed by atoms with Crippen LogP contribution in [0.1, 0.15) is 10.4 Å². The molecule has 1 amide bonds. The maximum atomic E-state index is 12.4. The number of H-pyrrole nitrogens is 1. The van der Waals surface area contributed by atoms with Crippen LogP contribution in [0.15, 0.2) is 24.4 Å². The Hall–Kier alpha value is -2.01. The molecule has 0 spiro atoms. The van der Waals surface area contributed by atoms with Crippen LogP contribution >= 0.6 is 0 Å². The fraction of sp³-hybridized carbons (Fsp3) is 0.357. The molecular formula is C14H20N4O. The minimum atomic E-state index is 0.0127. The molecule has 1 aromatic carbocycles. The number of rotatable bonds is 4. The van der Waals surface area contributed by atoms with E-state index < -0.39 is 0 Å². The Labute approximate surface area is 113 Å². The molecule has 0 unspecified atom stereocenters. The normalized spacial score (nSPS) is 11.2. The van der Waals surface area contributed by atoms with Gasteiger partial charge in [-0.3, -0.25) is 4.79 Å². The minimum Gasteiger partial charge on any atom is -0.399 e. The highest BCUT2D eigenvalue weighted by Crippen LogP contribution is 2.21. The number of likely N-dealkylation sites (N-methyl/N-ethyl adjacent to an activating group) is 2. The van der Waals surface area contributed by atoms with E-state index >= 15 is 0 Å². The van der Waals surface area contributed by atoms with Gasteiger partial charge in [-0.25, -0.2) is 0 Å². The van der Waals surface area contributed by atoms with E-state index in [-0.39, 0.29) is 5.91 Å². The van der Waals surface area contributed by atoms with Gasteiger partial charge in [0.2, 0.25) is 0 Å². The van der Waals surface area contributed by atoms with Crippen LogP contribution in [0, 0.1) is 0 Å². The van der Waals surface area contributed by atoms with Crippen LogP contribution in [0.3, 0.4) is 0 Å². The molecular weight excluding hydrogens is 240 g/mol. The number of benzene rings is 1. The first-order valence-electron chi connectivity index (χ1n) is 6.26. The highest BCUT2D eigenvalue weighted by molar-refractivity contribution is 6.07. The van der Waals surface area contributed by atoms with Crippen LogP contribution in [0.4, 0.5) is 5.69 Å². The molecule has 0 aliphatic rings. The number of hydrogen-bond acceptors (Lipinski definition) is 3. The monoisotopic (exact) mass is 260 g/mol. The molecule has 0 fully saturated rings. The van der Waals surface area contributed by atoms with Crippen LogP contribution in [0.2, 0.25) is 0 Å². The van der Waals surface area contributed by atoms with Gasteiger partial charge < -0.3 is 20.5 Å². The number of fused-ring (bicyclic) bond motifs is 1. The summed E-state index contributed by atoms with van der Waals surface area (Å²) in [6, 6.07) is 5.54. The fourth-order valence-electron chi connectivity index (χ4n) is 1.97. The molecule has 0 saturated heterocycles. The lowest BCUT2D eigenvalue weighted by molar-refractivity contribution is 0.0788. The number of aromatic nitrogens is 1. The first-order valence-corrected chi connectivity index (χ1v) is 6.26. The standard InChI is InChI=1S/C14H20N4O/c1-17(2)6-7-18(3)14(19)12-9-16-13-5-4-10(15)8-11(12)13/h4-5,8-9,16H,6-7,15H2,1-3H3. The quantitative estimate of drug-likeness (QED) is 0.816. The third-order valence-corrected chi connectivity index (χ3v) is 3.17. The third kappa shape index (κ3) is 2.88. The van der Waals surface area contributed by atoms with Crippen molar-refractivity contribution in [2.75, 3.05) is 40.0 Å². The first kappa shape index (κ1) is 13.4. The summed E-state index contributed by atoms with van der Waals surface area (Å²) in [5, 5.41) is 0.877. The van der Waals surface area contributed by atoms with Crippen molar-refractivity contribution in [2.45, 2.75) is 0 Å². The maximum Gasteiger partial charge on any atom is 0.255 e. The van der Waals surface area contributed by atoms with Gasteiger partial charge in [0.05, 0.1) is 5.56 Å². The molecule has 1 aromatic heterocycles. The van der Waals surface area contributed by atoms with E-state index in [4.69, 9.17) is 5.73 Å². The van der Waals surface area contributed by atoms with E-state index in [1.165, 1.54) is 0 Å². The summed E-state index contributed by atoms with van der Waals surface area (Å²) in [7, 11) is 5.80. The number of nitrogens with one attached hydrogen (secondary N) is 1. The second kappa shape index (κ2) is 5.32. The Morgan fingerprint density at radius 1 is 1.26 bits per heavy atom. The lowest BCUT2D eigenvalue weighted by Gasteiger charge is -2.19. The Bertz CT molecular complexity index is 588. The van der Waals surface area contributed by atoms with Gasteiger partial charge in [-0.05, 0) is 32.3 Å². The number of amides is 1. The number of carbonyl (C=O) groups is 1. The molecule has 0 aliphatic heterocycles. The molecule has 0 bridgehead atoms. The van der Waals surface area contributed by atoms with Gasteiger partial charge in [0.25, 0.3) is 5.91 Å². The van der Waals surface area contributed by atoms with Crippen LogP contribution < -0.4 is 5.73 Å². The second-order valence-corrected chi connectivity index (χ2v) is 5.04. The largest absolute Gasteiger partial charge is 0.399 e. The van der Waals surface area contributed by atoms with Crippen molar-refractivity contribution in [3.63, 3.8) is 0 Å². The molecule has 2 aromatic rings. The highest BCUT2D eigenvalue weighted by Gasteiger charge is 2.16. The van der Waals surface area contributed by atoms with Gasteiger partial charge in [0, 0.05) is 42.9 Å². The van der Waals surface area contributed by atoms with Crippen molar-refractivity contribution >= 4 is 22.5 Å². The number of carbonyl (C=O) groups excluding carboxylic acids is 1. The smallest absolute Gasteiger partial charge is 0.255 e. The van der Waals surface area contributed by atoms with Gasteiger partial charge >= 0.3 is 0 Å². The lowest BCUT2D eigenvalue weighted by atomic mass is 10.1. The second-order valence-electron chi connectivity index (χ2n) is 5.04. The van der Waals surface area contributed by atoms with Crippen LogP contribution in [0.5, 0.6) is 0 Å². The van der Waals surface area contributed by atoms with E-state index in [0.717, 1.165) is 17.4 Å². The molecule has 0 aliphatic carbocycles. The Morgan fingerprint density at radius 2 is 2.00 bits per heavy atom. The average molecular weight is 260 g/mol. The topological polar surface area (TPSA) is 65.4 Å². The number of aromatic amines is 1. The minimum absolute atomic E-state index is 0.0127. The molecule has 3 N–H and O–H groups in total. The molecule has 5 heteroatoms. The molecule has 102 valence electrons. The Kier molecular flexibility index (Phi) is 3.76.